The van der Waals surface area contributed by atoms with Gasteiger partial charge >= 0.3 is 6.03 Å². The maximum Gasteiger partial charge on any atom is 0.322 e. The summed E-state index contributed by atoms with van der Waals surface area (Å²) in [4.78, 5) is 20.4. The zero-order chi connectivity index (χ0) is 7.28. The summed E-state index contributed by atoms with van der Waals surface area (Å²) >= 11 is 0.721. The SMILES string of the molecule is CCC(=O)SNC(N)=O. The van der Waals surface area contributed by atoms with Gasteiger partial charge in [0.2, 0.25) is 5.12 Å². The van der Waals surface area contributed by atoms with Crippen LogP contribution < -0.4 is 10.5 Å². The number of carbonyl (C=O) groups is 2. The van der Waals surface area contributed by atoms with Gasteiger partial charge in [0.1, 0.15) is 0 Å². The van der Waals surface area contributed by atoms with Gasteiger partial charge in [0, 0.05) is 18.4 Å². The second-order valence-electron chi connectivity index (χ2n) is 1.29. The fourth-order valence-corrected chi connectivity index (χ4v) is 0.538. The Balaban J connectivity index is 3.28. The molecule has 5 heteroatoms. The smallest absolute Gasteiger partial charge is 0.322 e. The number of nitrogens with one attached hydrogen (secondary N) is 1. The summed E-state index contributed by atoms with van der Waals surface area (Å²) in [5, 5.41) is -0.103. The standard InChI is InChI=1S/C4H8N2O2S/c1-2-3(7)9-6-4(5)8/h2H2,1H3,(H3,5,6,8). The molecule has 52 valence electrons. The number of hydrogen-bond acceptors (Lipinski definition) is 3. The average Bonchev–Trinajstić information content (AvgIpc) is 1.83. The van der Waals surface area contributed by atoms with Crippen LogP contribution in [0.4, 0.5) is 4.79 Å². The maximum absolute atomic E-state index is 10.4. The maximum atomic E-state index is 10.4. The molecule has 0 aliphatic carbocycles. The van der Waals surface area contributed by atoms with Crippen LogP contribution in [0.5, 0.6) is 0 Å². The van der Waals surface area contributed by atoms with E-state index in [1.54, 1.807) is 6.92 Å². The highest BCUT2D eigenvalue weighted by atomic mass is 32.2. The Morgan fingerprint density at radius 2 is 2.22 bits per heavy atom. The topological polar surface area (TPSA) is 72.2 Å². The van der Waals surface area contributed by atoms with Gasteiger partial charge in [0.25, 0.3) is 0 Å². The van der Waals surface area contributed by atoms with Crippen molar-refractivity contribution in [2.75, 3.05) is 0 Å². The highest BCUT2D eigenvalue weighted by molar-refractivity contribution is 8.12. The van der Waals surface area contributed by atoms with Crippen LogP contribution in [0, 0.1) is 0 Å². The molecule has 0 fully saturated rings. The molecule has 0 aromatic carbocycles. The van der Waals surface area contributed by atoms with E-state index in [0.717, 1.165) is 11.9 Å². The normalized spacial score (nSPS) is 8.56. The van der Waals surface area contributed by atoms with Crippen LogP contribution in [0.2, 0.25) is 0 Å². The van der Waals surface area contributed by atoms with Gasteiger partial charge in [0.15, 0.2) is 0 Å². The van der Waals surface area contributed by atoms with E-state index >= 15 is 0 Å². The summed E-state index contributed by atoms with van der Waals surface area (Å²) in [5.74, 6) is 0. The Hall–Kier alpha value is -0.710. The van der Waals surface area contributed by atoms with Crippen molar-refractivity contribution in [2.24, 2.45) is 5.73 Å². The minimum atomic E-state index is -0.693. The Kier molecular flexibility index (Phi) is 3.87. The molecule has 0 rings (SSSR count). The van der Waals surface area contributed by atoms with Crippen LogP contribution in [0.15, 0.2) is 0 Å². The van der Waals surface area contributed by atoms with Crippen LogP contribution in [0.1, 0.15) is 13.3 Å². The Bertz CT molecular complexity index is 126. The van der Waals surface area contributed by atoms with Gasteiger partial charge < -0.3 is 5.73 Å². The van der Waals surface area contributed by atoms with Gasteiger partial charge in [-0.05, 0) is 0 Å². The summed E-state index contributed by atoms with van der Waals surface area (Å²) in [6.45, 7) is 1.71. The molecule has 0 bridgehead atoms. The van der Waals surface area contributed by atoms with Crippen molar-refractivity contribution >= 4 is 23.1 Å². The Morgan fingerprint density at radius 1 is 1.67 bits per heavy atom. The Labute approximate surface area is 57.3 Å². The van der Waals surface area contributed by atoms with Crippen LogP contribution in [0.25, 0.3) is 0 Å². The van der Waals surface area contributed by atoms with Crippen molar-refractivity contribution < 1.29 is 9.59 Å². The van der Waals surface area contributed by atoms with E-state index in [9.17, 15) is 9.59 Å². The molecule has 0 aliphatic heterocycles. The Morgan fingerprint density at radius 3 is 2.56 bits per heavy atom. The first-order valence-corrected chi connectivity index (χ1v) is 3.23. The van der Waals surface area contributed by atoms with Crippen molar-refractivity contribution in [1.29, 1.82) is 0 Å². The first-order valence-electron chi connectivity index (χ1n) is 2.42. The quantitative estimate of drug-likeness (QED) is 0.523. The van der Waals surface area contributed by atoms with Crippen LogP contribution in [-0.4, -0.2) is 11.1 Å². The van der Waals surface area contributed by atoms with E-state index in [4.69, 9.17) is 0 Å². The molecule has 0 aliphatic rings. The molecule has 0 aromatic heterocycles. The minimum absolute atomic E-state index is 0.103. The third-order valence-electron chi connectivity index (χ3n) is 0.554. The molecule has 0 radical (unpaired) electrons. The van der Waals surface area contributed by atoms with Gasteiger partial charge in [-0.2, -0.15) is 0 Å². The molecule has 2 amide bonds. The largest absolute Gasteiger partial charge is 0.351 e. The summed E-state index contributed by atoms with van der Waals surface area (Å²) in [6, 6.07) is -0.693. The molecule has 9 heavy (non-hydrogen) atoms. The van der Waals surface area contributed by atoms with Crippen LogP contribution in [0.3, 0.4) is 0 Å². The number of nitrogens with two attached hydrogens (primary N) is 1. The molecule has 0 saturated heterocycles. The van der Waals surface area contributed by atoms with E-state index in [0.29, 0.717) is 6.42 Å². The second-order valence-corrected chi connectivity index (χ2v) is 2.16. The van der Waals surface area contributed by atoms with E-state index in [1.807, 2.05) is 0 Å². The lowest BCUT2D eigenvalue weighted by molar-refractivity contribution is -0.110. The number of urea groups is 1. The molecule has 0 aromatic rings. The first kappa shape index (κ1) is 8.29. The predicted molar refractivity (Wildman–Crippen MR) is 35.6 cm³/mol. The molecule has 0 spiro atoms. The second kappa shape index (κ2) is 4.20. The highest BCUT2D eigenvalue weighted by Crippen LogP contribution is 1.97. The molecule has 3 N–H and O–H groups in total. The molecule has 0 atom stereocenters. The summed E-state index contributed by atoms with van der Waals surface area (Å²) in [6.07, 6.45) is 0.394. The van der Waals surface area contributed by atoms with Gasteiger partial charge in [-0.25, -0.2) is 4.79 Å². The lowest BCUT2D eigenvalue weighted by Crippen LogP contribution is -2.24. The molecular weight excluding hydrogens is 140 g/mol. The lowest BCUT2D eigenvalue weighted by Gasteiger charge is -1.94. The van der Waals surface area contributed by atoms with Gasteiger partial charge in [-0.1, -0.05) is 6.92 Å². The van der Waals surface area contributed by atoms with Crippen molar-refractivity contribution in [1.82, 2.24) is 4.72 Å². The van der Waals surface area contributed by atoms with Gasteiger partial charge in [-0.3, -0.25) is 9.52 Å². The number of hydrogen-bond donors (Lipinski definition) is 2. The fourth-order valence-electron chi connectivity index (χ4n) is 0.179. The summed E-state index contributed by atoms with van der Waals surface area (Å²) < 4.78 is 2.10. The molecule has 0 heterocycles. The van der Waals surface area contributed by atoms with Crippen LogP contribution >= 0.6 is 11.9 Å². The monoisotopic (exact) mass is 148 g/mol. The van der Waals surface area contributed by atoms with Crippen molar-refractivity contribution in [3.8, 4) is 0 Å². The molecule has 0 unspecified atom stereocenters. The van der Waals surface area contributed by atoms with E-state index in [2.05, 4.69) is 10.5 Å². The third kappa shape index (κ3) is 5.16. The zero-order valence-corrected chi connectivity index (χ0v) is 5.83. The zero-order valence-electron chi connectivity index (χ0n) is 5.01. The van der Waals surface area contributed by atoms with Crippen LogP contribution in [-0.2, 0) is 4.79 Å². The minimum Gasteiger partial charge on any atom is -0.351 e. The first-order chi connectivity index (χ1) is 4.16. The lowest BCUT2D eigenvalue weighted by atomic mass is 10.6. The van der Waals surface area contributed by atoms with Gasteiger partial charge in [0.05, 0.1) is 0 Å². The van der Waals surface area contributed by atoms with E-state index < -0.39 is 6.03 Å². The molecular formula is C4H8N2O2S. The molecule has 4 nitrogen and oxygen atoms in total. The van der Waals surface area contributed by atoms with E-state index in [-0.39, 0.29) is 5.12 Å². The third-order valence-corrected chi connectivity index (χ3v) is 1.37. The molecule has 0 saturated carbocycles. The average molecular weight is 148 g/mol. The number of rotatable bonds is 1. The number of amides is 2. The number of primary amides is 1. The van der Waals surface area contributed by atoms with E-state index in [1.165, 1.54) is 0 Å². The fraction of sp³-hybridized carbons (Fsp3) is 0.500. The number of carbonyl (C=O) groups excluding carboxylic acids is 2. The summed E-state index contributed by atoms with van der Waals surface area (Å²) in [5.41, 5.74) is 4.67. The van der Waals surface area contributed by atoms with Crippen molar-refractivity contribution in [3.05, 3.63) is 0 Å². The van der Waals surface area contributed by atoms with Crippen molar-refractivity contribution in [3.63, 3.8) is 0 Å². The highest BCUT2D eigenvalue weighted by Gasteiger charge is 1.98. The van der Waals surface area contributed by atoms with Crippen molar-refractivity contribution in [2.45, 2.75) is 13.3 Å². The predicted octanol–water partition coefficient (Wildman–Crippen LogP) is 0.240. The summed E-state index contributed by atoms with van der Waals surface area (Å²) in [7, 11) is 0. The van der Waals surface area contributed by atoms with Gasteiger partial charge in [-0.15, -0.1) is 0 Å².